The number of nitrogens with one attached hydrogen (secondary N) is 1. The highest BCUT2D eigenvalue weighted by atomic mass is 16.5. The normalized spacial score (nSPS) is 14.4. The van der Waals surface area contributed by atoms with Crippen molar-refractivity contribution in [2.24, 2.45) is 0 Å². The van der Waals surface area contributed by atoms with Gasteiger partial charge in [0.1, 0.15) is 0 Å². The molecule has 0 saturated heterocycles. The zero-order chi connectivity index (χ0) is 21.1. The molecule has 0 amide bonds. The molecule has 0 radical (unpaired) electrons. The number of carbonyl (C=O) groups excluding carboxylic acids is 2. The minimum absolute atomic E-state index is 0.00672. The molecule has 1 aromatic heterocycles. The maximum absolute atomic E-state index is 13.6. The van der Waals surface area contributed by atoms with Gasteiger partial charge in [0.25, 0.3) is 0 Å². The van der Waals surface area contributed by atoms with Crippen molar-refractivity contribution in [2.75, 3.05) is 6.61 Å². The Kier molecular flexibility index (Phi) is 5.40. The average molecular weight is 399 g/mol. The van der Waals surface area contributed by atoms with Gasteiger partial charge in [0.15, 0.2) is 5.78 Å². The van der Waals surface area contributed by atoms with Crippen LogP contribution in [0.1, 0.15) is 45.4 Å². The fraction of sp³-hybridized carbons (Fsp3) is 0.231. The number of aromatic nitrogens is 1. The number of rotatable bonds is 6. The van der Waals surface area contributed by atoms with Crippen molar-refractivity contribution in [3.05, 3.63) is 100 Å². The summed E-state index contributed by atoms with van der Waals surface area (Å²) < 4.78 is 5.37. The number of carbonyl (C=O) groups is 2. The van der Waals surface area contributed by atoms with E-state index in [1.54, 1.807) is 19.1 Å². The Bertz CT molecular complexity index is 1050. The van der Waals surface area contributed by atoms with Crippen LogP contribution < -0.4 is 0 Å². The third-order valence-corrected chi connectivity index (χ3v) is 5.75. The molecule has 0 fully saturated rings. The van der Waals surface area contributed by atoms with Crippen molar-refractivity contribution in [1.29, 1.82) is 0 Å². The molecule has 0 saturated carbocycles. The van der Waals surface area contributed by atoms with Crippen LogP contribution in [0.15, 0.2) is 66.7 Å². The van der Waals surface area contributed by atoms with Crippen molar-refractivity contribution in [3.63, 3.8) is 0 Å². The number of benzene rings is 2. The lowest BCUT2D eigenvalue weighted by atomic mass is 9.65. The van der Waals surface area contributed by atoms with E-state index < -0.39 is 5.41 Å². The van der Waals surface area contributed by atoms with Crippen LogP contribution in [0.2, 0.25) is 0 Å². The second-order valence-electron chi connectivity index (χ2n) is 7.74. The summed E-state index contributed by atoms with van der Waals surface area (Å²) in [4.78, 5) is 29.8. The summed E-state index contributed by atoms with van der Waals surface area (Å²) in [5, 5.41) is 0. The predicted molar refractivity (Wildman–Crippen MR) is 117 cm³/mol. The Morgan fingerprint density at radius 1 is 0.933 bits per heavy atom. The zero-order valence-corrected chi connectivity index (χ0v) is 17.3. The van der Waals surface area contributed by atoms with E-state index in [1.807, 2.05) is 67.6 Å². The van der Waals surface area contributed by atoms with Crippen LogP contribution in [-0.4, -0.2) is 23.3 Å². The average Bonchev–Trinajstić information content (AvgIpc) is 3.10. The van der Waals surface area contributed by atoms with Gasteiger partial charge in [-0.2, -0.15) is 0 Å². The van der Waals surface area contributed by atoms with Gasteiger partial charge >= 0.3 is 5.97 Å². The van der Waals surface area contributed by atoms with E-state index in [0.717, 1.165) is 28.1 Å². The molecule has 0 bridgehead atoms. The minimum Gasteiger partial charge on any atom is -0.462 e. The van der Waals surface area contributed by atoms with Gasteiger partial charge in [-0.1, -0.05) is 60.7 Å². The summed E-state index contributed by atoms with van der Waals surface area (Å²) in [7, 11) is 0. The quantitative estimate of drug-likeness (QED) is 0.605. The van der Waals surface area contributed by atoms with E-state index in [1.165, 1.54) is 0 Å². The van der Waals surface area contributed by atoms with Gasteiger partial charge in [-0.15, -0.1) is 0 Å². The standard InChI is InChI=1S/C26H25NO3/c1-3-30-25(29)23-18(2)27-21-14-15-22(28)26(24(21)23,16-19-10-6-4-7-11-19)17-20-12-8-5-9-13-20/h4-15,27H,3,16-17H2,1-2H3. The van der Waals surface area contributed by atoms with Crippen LogP contribution in [-0.2, 0) is 27.8 Å². The molecule has 3 aromatic rings. The largest absolute Gasteiger partial charge is 0.462 e. The third kappa shape index (κ3) is 3.50. The molecular formula is C26H25NO3. The molecule has 4 nitrogen and oxygen atoms in total. The summed E-state index contributed by atoms with van der Waals surface area (Å²) in [6, 6.07) is 20.0. The highest BCUT2D eigenvalue weighted by Crippen LogP contribution is 2.42. The maximum Gasteiger partial charge on any atom is 0.340 e. The summed E-state index contributed by atoms with van der Waals surface area (Å²) in [5.41, 5.74) is 3.98. The van der Waals surface area contributed by atoms with E-state index in [9.17, 15) is 9.59 Å². The summed E-state index contributed by atoms with van der Waals surface area (Å²) in [6.07, 6.45) is 4.42. The molecule has 1 heterocycles. The highest BCUT2D eigenvalue weighted by molar-refractivity contribution is 6.08. The first-order chi connectivity index (χ1) is 14.5. The van der Waals surface area contributed by atoms with E-state index in [-0.39, 0.29) is 18.4 Å². The van der Waals surface area contributed by atoms with Gasteiger partial charge in [0, 0.05) is 17.0 Å². The smallest absolute Gasteiger partial charge is 0.340 e. The third-order valence-electron chi connectivity index (χ3n) is 5.75. The van der Waals surface area contributed by atoms with Crippen molar-refractivity contribution < 1.29 is 14.3 Å². The predicted octanol–water partition coefficient (Wildman–Crippen LogP) is 4.82. The number of ketones is 1. The van der Waals surface area contributed by atoms with Crippen molar-refractivity contribution in [3.8, 4) is 0 Å². The van der Waals surface area contributed by atoms with Crippen molar-refractivity contribution in [1.82, 2.24) is 4.98 Å². The lowest BCUT2D eigenvalue weighted by Crippen LogP contribution is -2.42. The number of H-pyrrole nitrogens is 1. The second kappa shape index (κ2) is 8.15. The molecule has 0 aliphatic heterocycles. The molecular weight excluding hydrogens is 374 g/mol. The molecule has 4 rings (SSSR count). The Hall–Kier alpha value is -3.40. The van der Waals surface area contributed by atoms with Crippen LogP contribution in [0, 0.1) is 6.92 Å². The number of aromatic amines is 1. The first-order valence-corrected chi connectivity index (χ1v) is 10.3. The lowest BCUT2D eigenvalue weighted by molar-refractivity contribution is -0.120. The molecule has 0 atom stereocenters. The molecule has 0 unspecified atom stereocenters. The molecule has 1 aliphatic carbocycles. The van der Waals surface area contributed by atoms with Crippen LogP contribution >= 0.6 is 0 Å². The van der Waals surface area contributed by atoms with E-state index >= 15 is 0 Å². The van der Waals surface area contributed by atoms with Gasteiger partial charge in [-0.3, -0.25) is 4.79 Å². The molecule has 0 spiro atoms. The van der Waals surface area contributed by atoms with Crippen molar-refractivity contribution >= 4 is 17.8 Å². The van der Waals surface area contributed by atoms with Gasteiger partial charge in [-0.25, -0.2) is 4.79 Å². The summed E-state index contributed by atoms with van der Waals surface area (Å²) >= 11 is 0. The number of allylic oxidation sites excluding steroid dienone is 1. The molecule has 4 heteroatoms. The van der Waals surface area contributed by atoms with Crippen LogP contribution in [0.4, 0.5) is 0 Å². The van der Waals surface area contributed by atoms with Crippen molar-refractivity contribution in [2.45, 2.75) is 32.1 Å². The number of hydrogen-bond donors (Lipinski definition) is 1. The highest BCUT2D eigenvalue weighted by Gasteiger charge is 2.46. The molecule has 1 aliphatic rings. The minimum atomic E-state index is -0.889. The van der Waals surface area contributed by atoms with Gasteiger partial charge in [0.2, 0.25) is 0 Å². The topological polar surface area (TPSA) is 59.2 Å². The van der Waals surface area contributed by atoms with E-state index in [0.29, 0.717) is 18.4 Å². The second-order valence-corrected chi connectivity index (χ2v) is 7.74. The van der Waals surface area contributed by atoms with E-state index in [4.69, 9.17) is 4.74 Å². The summed E-state index contributed by atoms with van der Waals surface area (Å²) in [5.74, 6) is -0.381. The van der Waals surface area contributed by atoms with Crippen LogP contribution in [0.3, 0.4) is 0 Å². The Morgan fingerprint density at radius 2 is 1.50 bits per heavy atom. The fourth-order valence-corrected chi connectivity index (χ4v) is 4.47. The molecule has 30 heavy (non-hydrogen) atoms. The zero-order valence-electron chi connectivity index (χ0n) is 17.3. The Labute approximate surface area is 176 Å². The SMILES string of the molecule is CCOC(=O)c1c(C)[nH]c2c1C(Cc1ccccc1)(Cc1ccccc1)C(=O)C=C2. The van der Waals surface area contributed by atoms with Crippen LogP contribution in [0.25, 0.3) is 6.08 Å². The first kappa shape index (κ1) is 19.9. The number of esters is 1. The van der Waals surface area contributed by atoms with E-state index in [2.05, 4.69) is 4.98 Å². The number of aryl methyl sites for hydroxylation is 1. The number of fused-ring (bicyclic) bond motifs is 1. The Morgan fingerprint density at radius 3 is 2.03 bits per heavy atom. The lowest BCUT2D eigenvalue weighted by Gasteiger charge is -2.35. The van der Waals surface area contributed by atoms with Gasteiger partial charge in [0.05, 0.1) is 17.6 Å². The first-order valence-electron chi connectivity index (χ1n) is 10.3. The van der Waals surface area contributed by atoms with Gasteiger partial charge in [-0.05, 0) is 50.0 Å². The fourth-order valence-electron chi connectivity index (χ4n) is 4.47. The molecule has 152 valence electrons. The number of ether oxygens (including phenoxy) is 1. The Balaban J connectivity index is 1.94. The number of hydrogen-bond acceptors (Lipinski definition) is 3. The van der Waals surface area contributed by atoms with Gasteiger partial charge < -0.3 is 9.72 Å². The monoisotopic (exact) mass is 399 g/mol. The molecule has 1 N–H and O–H groups in total. The van der Waals surface area contributed by atoms with Crippen LogP contribution in [0.5, 0.6) is 0 Å². The summed E-state index contributed by atoms with van der Waals surface area (Å²) in [6.45, 7) is 3.93. The maximum atomic E-state index is 13.6. The molecule has 2 aromatic carbocycles.